The van der Waals surface area contributed by atoms with Gasteiger partial charge in [0.05, 0.1) is 17.3 Å². The summed E-state index contributed by atoms with van der Waals surface area (Å²) in [6.07, 6.45) is 0.426. The molecule has 2 heterocycles. The summed E-state index contributed by atoms with van der Waals surface area (Å²) < 4.78 is 32.5. The molecule has 0 atom stereocenters. The first-order chi connectivity index (χ1) is 16.6. The summed E-state index contributed by atoms with van der Waals surface area (Å²) in [5.41, 5.74) is 18.4. The van der Waals surface area contributed by atoms with Gasteiger partial charge < -0.3 is 27.0 Å². The van der Waals surface area contributed by atoms with E-state index in [1.807, 2.05) is 18.2 Å². The highest BCUT2D eigenvalue weighted by atomic mass is 19.3. The first-order valence-corrected chi connectivity index (χ1v) is 10.8. The summed E-state index contributed by atoms with van der Waals surface area (Å²) >= 11 is 0. The van der Waals surface area contributed by atoms with E-state index in [0.29, 0.717) is 27.7 Å². The summed E-state index contributed by atoms with van der Waals surface area (Å²) in [5.74, 6) is -0.757. The lowest BCUT2D eigenvalue weighted by atomic mass is 9.83. The molecule has 0 saturated heterocycles. The number of alkyl halides is 2. The van der Waals surface area contributed by atoms with Gasteiger partial charge in [0.25, 0.3) is 5.91 Å². The van der Waals surface area contributed by atoms with Crippen molar-refractivity contribution in [3.63, 3.8) is 0 Å². The van der Waals surface area contributed by atoms with Crippen LogP contribution in [0.15, 0.2) is 54.6 Å². The monoisotopic (exact) mass is 480 g/mol. The van der Waals surface area contributed by atoms with Gasteiger partial charge in [0, 0.05) is 35.4 Å². The molecule has 2 aromatic carbocycles. The van der Waals surface area contributed by atoms with E-state index in [1.165, 1.54) is 10.7 Å². The van der Waals surface area contributed by atoms with E-state index in [1.54, 1.807) is 30.3 Å². The number of nitrogen functional groups attached to an aromatic ring is 1. The molecule has 1 aliphatic rings. The van der Waals surface area contributed by atoms with Crippen molar-refractivity contribution in [1.82, 2.24) is 14.8 Å². The van der Waals surface area contributed by atoms with Crippen LogP contribution in [0.4, 0.5) is 14.6 Å². The highest BCUT2D eigenvalue weighted by Gasteiger charge is 2.42. The molecule has 1 amide bonds. The predicted molar refractivity (Wildman–Crippen MR) is 125 cm³/mol. The Kier molecular flexibility index (Phi) is 5.37. The van der Waals surface area contributed by atoms with E-state index in [2.05, 4.69) is 10.1 Å². The third-order valence-corrected chi connectivity index (χ3v) is 6.05. The molecule has 0 bridgehead atoms. The summed E-state index contributed by atoms with van der Waals surface area (Å²) in [6.45, 7) is -3.02. The number of amides is 1. The molecular weight excluding hydrogens is 458 g/mol. The number of aliphatic hydroxyl groups is 1. The Bertz CT molecular complexity index is 1430. The van der Waals surface area contributed by atoms with Crippen LogP contribution in [0.25, 0.3) is 33.4 Å². The van der Waals surface area contributed by atoms with Gasteiger partial charge in [0.1, 0.15) is 28.5 Å². The molecule has 180 valence electrons. The van der Waals surface area contributed by atoms with Crippen molar-refractivity contribution in [3.8, 4) is 28.3 Å². The number of fused-ring (bicyclic) bond motifs is 1. The Hall–Kier alpha value is -4.09. The number of nitrogens with zero attached hydrogens (tertiary/aromatic N) is 3. The summed E-state index contributed by atoms with van der Waals surface area (Å²) in [7, 11) is 0. The molecule has 2 aromatic heterocycles. The van der Waals surface area contributed by atoms with Gasteiger partial charge in [0.2, 0.25) is 0 Å². The molecular formula is C24H22F2N6O3. The third-order valence-electron chi connectivity index (χ3n) is 6.05. The number of benzene rings is 2. The average molecular weight is 480 g/mol. The SMILES string of the molecule is NC(=O)c1c(-c2ccc3c(OC(F)F)cc(-c4ccccc4)nc3c2)nn(C2CC(N)(O)C2)c1N. The van der Waals surface area contributed by atoms with E-state index in [0.717, 1.165) is 0 Å². The fourth-order valence-electron chi connectivity index (χ4n) is 4.39. The second-order valence-electron chi connectivity index (χ2n) is 8.57. The zero-order valence-electron chi connectivity index (χ0n) is 18.4. The zero-order valence-corrected chi connectivity index (χ0v) is 18.4. The zero-order chi connectivity index (χ0) is 24.9. The molecule has 0 radical (unpaired) electrons. The van der Waals surface area contributed by atoms with Gasteiger partial charge in [-0.2, -0.15) is 13.9 Å². The Labute approximate surface area is 198 Å². The molecule has 4 aromatic rings. The number of rotatable bonds is 6. The Balaban J connectivity index is 1.66. The van der Waals surface area contributed by atoms with Crippen LogP contribution in [-0.2, 0) is 0 Å². The molecule has 1 aliphatic carbocycles. The minimum atomic E-state index is -3.02. The minimum absolute atomic E-state index is 0.0140. The summed E-state index contributed by atoms with van der Waals surface area (Å²) in [4.78, 5) is 16.9. The van der Waals surface area contributed by atoms with Crippen LogP contribution in [0.2, 0.25) is 0 Å². The van der Waals surface area contributed by atoms with Crippen LogP contribution in [0.1, 0.15) is 29.2 Å². The van der Waals surface area contributed by atoms with Crippen LogP contribution < -0.4 is 21.9 Å². The van der Waals surface area contributed by atoms with Crippen LogP contribution >= 0.6 is 0 Å². The van der Waals surface area contributed by atoms with E-state index in [9.17, 15) is 18.7 Å². The summed E-state index contributed by atoms with van der Waals surface area (Å²) in [6, 6.07) is 15.0. The number of primary amides is 1. The maximum absolute atomic E-state index is 13.1. The second-order valence-corrected chi connectivity index (χ2v) is 8.57. The highest BCUT2D eigenvalue weighted by Crippen LogP contribution is 2.41. The van der Waals surface area contributed by atoms with Gasteiger partial charge in [0.15, 0.2) is 0 Å². The number of hydrogen-bond acceptors (Lipinski definition) is 7. The Morgan fingerprint density at radius 3 is 2.49 bits per heavy atom. The first-order valence-electron chi connectivity index (χ1n) is 10.8. The largest absolute Gasteiger partial charge is 0.434 e. The normalized spacial score (nSPS) is 19.6. The fraction of sp³-hybridized carbons (Fsp3) is 0.208. The minimum Gasteiger partial charge on any atom is -0.434 e. The fourth-order valence-corrected chi connectivity index (χ4v) is 4.39. The van der Waals surface area contributed by atoms with Gasteiger partial charge in [-0.15, -0.1) is 0 Å². The highest BCUT2D eigenvalue weighted by molar-refractivity contribution is 6.04. The van der Waals surface area contributed by atoms with E-state index in [4.69, 9.17) is 21.9 Å². The van der Waals surface area contributed by atoms with Crippen molar-refractivity contribution < 1.29 is 23.4 Å². The number of anilines is 1. The summed E-state index contributed by atoms with van der Waals surface area (Å²) in [5, 5.41) is 14.7. The molecule has 0 unspecified atom stereocenters. The molecule has 5 rings (SSSR count). The van der Waals surface area contributed by atoms with Crippen molar-refractivity contribution >= 4 is 22.6 Å². The maximum atomic E-state index is 13.1. The molecule has 1 saturated carbocycles. The smallest absolute Gasteiger partial charge is 0.387 e. The molecule has 0 aliphatic heterocycles. The first kappa shape index (κ1) is 22.7. The van der Waals surface area contributed by atoms with E-state index < -0.39 is 18.2 Å². The third kappa shape index (κ3) is 4.15. The van der Waals surface area contributed by atoms with Gasteiger partial charge in [-0.1, -0.05) is 36.4 Å². The number of hydrogen-bond donors (Lipinski definition) is 4. The number of pyridine rings is 1. The Morgan fingerprint density at radius 2 is 1.86 bits per heavy atom. The number of halogens is 2. The molecule has 35 heavy (non-hydrogen) atoms. The number of ether oxygens (including phenoxy) is 1. The molecule has 9 nitrogen and oxygen atoms in total. The number of nitrogens with two attached hydrogens (primary N) is 3. The standard InChI is InChI=1S/C24H22F2N6O3/c25-23(26)35-18-9-16(12-4-2-1-3-5-12)30-17-8-13(6-7-15(17)18)20-19(22(28)33)21(27)32(31-20)14-10-24(29,34)11-14/h1-9,14,23,34H,10-11,27,29H2,(H2,28,33). The van der Waals surface area contributed by atoms with E-state index >= 15 is 0 Å². The van der Waals surface area contributed by atoms with Gasteiger partial charge in [-0.25, -0.2) is 9.67 Å². The topological polar surface area (TPSA) is 155 Å². The lowest BCUT2D eigenvalue weighted by Crippen LogP contribution is -2.52. The molecule has 11 heteroatoms. The number of carbonyl (C=O) groups is 1. The van der Waals surface area contributed by atoms with Gasteiger partial charge >= 0.3 is 6.61 Å². The van der Waals surface area contributed by atoms with Crippen LogP contribution in [0, 0.1) is 0 Å². The predicted octanol–water partition coefficient (Wildman–Crippen LogP) is 3.03. The maximum Gasteiger partial charge on any atom is 0.387 e. The molecule has 1 fully saturated rings. The number of aromatic nitrogens is 3. The van der Waals surface area contributed by atoms with Crippen LogP contribution in [0.3, 0.4) is 0 Å². The molecule has 0 spiro atoms. The van der Waals surface area contributed by atoms with Crippen molar-refractivity contribution in [2.24, 2.45) is 11.5 Å². The lowest BCUT2D eigenvalue weighted by molar-refractivity contribution is -0.0644. The van der Waals surface area contributed by atoms with Crippen molar-refractivity contribution in [1.29, 1.82) is 0 Å². The second kappa shape index (κ2) is 8.29. The van der Waals surface area contributed by atoms with E-state index in [-0.39, 0.29) is 41.7 Å². The van der Waals surface area contributed by atoms with Gasteiger partial charge in [-0.3, -0.25) is 4.79 Å². The quantitative estimate of drug-likeness (QED) is 0.309. The lowest BCUT2D eigenvalue weighted by Gasteiger charge is -2.40. The van der Waals surface area contributed by atoms with Gasteiger partial charge in [-0.05, 0) is 12.1 Å². The van der Waals surface area contributed by atoms with Crippen LogP contribution in [-0.4, -0.2) is 38.1 Å². The van der Waals surface area contributed by atoms with Crippen molar-refractivity contribution in [2.75, 3.05) is 5.73 Å². The Morgan fingerprint density at radius 1 is 1.14 bits per heavy atom. The van der Waals surface area contributed by atoms with Crippen LogP contribution in [0.5, 0.6) is 5.75 Å². The van der Waals surface area contributed by atoms with Crippen molar-refractivity contribution in [2.45, 2.75) is 31.2 Å². The van der Waals surface area contributed by atoms with Crippen molar-refractivity contribution in [3.05, 3.63) is 60.2 Å². The molecule has 7 N–H and O–H groups in total. The number of carbonyl (C=O) groups excluding carboxylic acids is 1. The average Bonchev–Trinajstić information content (AvgIpc) is 3.14.